The highest BCUT2D eigenvalue weighted by atomic mass is 32.2. The molecular weight excluding hydrogens is 495 g/mol. The van der Waals surface area contributed by atoms with Gasteiger partial charge in [0, 0.05) is 43.7 Å². The van der Waals surface area contributed by atoms with Crippen molar-refractivity contribution < 1.29 is 22.3 Å². The Bertz CT molecular complexity index is 1550. The van der Waals surface area contributed by atoms with E-state index in [2.05, 4.69) is 10.00 Å². The molecule has 0 atom stereocenters. The van der Waals surface area contributed by atoms with Crippen LogP contribution in [0.5, 0.6) is 0 Å². The molecule has 2 aromatic heterocycles. The Morgan fingerprint density at radius 3 is 2.54 bits per heavy atom. The lowest BCUT2D eigenvalue weighted by atomic mass is 10.1. The number of Topliss-reactive ketones (excluding diaryl/α,β-unsaturated/α-hetero) is 1. The predicted octanol–water partition coefficient (Wildman–Crippen LogP) is 4.02. The number of carbonyl (C=O) groups excluding carboxylic acids is 1. The fraction of sp³-hybridized carbons (Fsp3) is 0.333. The molecule has 1 aliphatic rings. The summed E-state index contributed by atoms with van der Waals surface area (Å²) in [6, 6.07) is 12.2. The summed E-state index contributed by atoms with van der Waals surface area (Å²) in [5.74, 6) is -0.571. The molecule has 1 fully saturated rings. The van der Waals surface area contributed by atoms with Gasteiger partial charge in [0.05, 0.1) is 29.3 Å². The number of morpholine rings is 1. The maximum Gasteiger partial charge on any atom is 0.268 e. The summed E-state index contributed by atoms with van der Waals surface area (Å²) in [6.07, 6.45) is 2.54. The highest BCUT2D eigenvalue weighted by Gasteiger charge is 2.24. The van der Waals surface area contributed by atoms with E-state index in [4.69, 9.17) is 4.74 Å². The van der Waals surface area contributed by atoms with Crippen LogP contribution < -0.4 is 0 Å². The van der Waals surface area contributed by atoms with Crippen LogP contribution in [-0.4, -0.2) is 65.7 Å². The Morgan fingerprint density at radius 2 is 1.81 bits per heavy atom. The quantitative estimate of drug-likeness (QED) is 0.324. The van der Waals surface area contributed by atoms with Crippen molar-refractivity contribution in [2.24, 2.45) is 7.05 Å². The predicted molar refractivity (Wildman–Crippen MR) is 139 cm³/mol. The second-order valence-corrected chi connectivity index (χ2v) is 11.2. The minimum atomic E-state index is -3.94. The Labute approximate surface area is 215 Å². The summed E-state index contributed by atoms with van der Waals surface area (Å²) < 4.78 is 49.4. The first kappa shape index (κ1) is 25.3. The van der Waals surface area contributed by atoms with E-state index in [1.165, 1.54) is 33.1 Å². The normalized spacial score (nSPS) is 14.9. The van der Waals surface area contributed by atoms with Crippen LogP contribution in [-0.2, 0) is 21.8 Å². The number of carbonyl (C=O) groups is 1. The number of nitrogens with zero attached hydrogens (tertiary/aromatic N) is 4. The minimum absolute atomic E-state index is 0.0858. The van der Waals surface area contributed by atoms with Gasteiger partial charge in [0.2, 0.25) is 0 Å². The van der Waals surface area contributed by atoms with E-state index in [1.807, 2.05) is 6.92 Å². The van der Waals surface area contributed by atoms with Gasteiger partial charge in [-0.25, -0.2) is 16.8 Å². The van der Waals surface area contributed by atoms with Gasteiger partial charge < -0.3 is 4.74 Å². The first-order valence-corrected chi connectivity index (χ1v) is 13.7. The smallest absolute Gasteiger partial charge is 0.268 e. The van der Waals surface area contributed by atoms with Crippen LogP contribution in [0.25, 0.3) is 22.2 Å². The molecule has 37 heavy (non-hydrogen) atoms. The first-order valence-electron chi connectivity index (χ1n) is 12.2. The molecule has 0 amide bonds. The van der Waals surface area contributed by atoms with Crippen molar-refractivity contribution in [2.75, 3.05) is 32.8 Å². The number of rotatable bonds is 8. The van der Waals surface area contributed by atoms with E-state index in [0.717, 1.165) is 25.2 Å². The summed E-state index contributed by atoms with van der Waals surface area (Å²) in [7, 11) is -2.25. The number of hydrogen-bond acceptors (Lipinski definition) is 6. The second-order valence-electron chi connectivity index (χ2n) is 9.34. The first-order chi connectivity index (χ1) is 17.7. The van der Waals surface area contributed by atoms with Crippen LogP contribution in [0.2, 0.25) is 0 Å². The van der Waals surface area contributed by atoms with Gasteiger partial charge in [0.25, 0.3) is 10.0 Å². The summed E-state index contributed by atoms with van der Waals surface area (Å²) in [5.41, 5.74) is 2.60. The molecule has 0 aliphatic carbocycles. The molecule has 0 spiro atoms. The van der Waals surface area contributed by atoms with E-state index in [1.54, 1.807) is 37.4 Å². The number of fused-ring (bicyclic) bond motifs is 1. The molecule has 0 bridgehead atoms. The van der Waals surface area contributed by atoms with Crippen LogP contribution in [0, 0.1) is 12.7 Å². The van der Waals surface area contributed by atoms with Crippen LogP contribution in [0.1, 0.15) is 28.9 Å². The van der Waals surface area contributed by atoms with Gasteiger partial charge in [-0.15, -0.1) is 0 Å². The largest absolute Gasteiger partial charge is 0.379 e. The minimum Gasteiger partial charge on any atom is -0.379 e. The van der Waals surface area contributed by atoms with E-state index < -0.39 is 15.8 Å². The molecule has 0 saturated carbocycles. The van der Waals surface area contributed by atoms with Gasteiger partial charge in [0.1, 0.15) is 11.5 Å². The van der Waals surface area contributed by atoms with Crippen LogP contribution in [0.4, 0.5) is 4.39 Å². The molecular formula is C27H29FN4O4S. The Morgan fingerprint density at radius 1 is 1.08 bits per heavy atom. The zero-order valence-corrected chi connectivity index (χ0v) is 21.7. The molecule has 5 rings (SSSR count). The van der Waals surface area contributed by atoms with Crippen LogP contribution in [0.3, 0.4) is 0 Å². The molecule has 0 N–H and O–H groups in total. The van der Waals surface area contributed by atoms with Crippen molar-refractivity contribution in [1.29, 1.82) is 0 Å². The third kappa shape index (κ3) is 5.09. The van der Waals surface area contributed by atoms with Gasteiger partial charge in [0.15, 0.2) is 5.78 Å². The third-order valence-corrected chi connectivity index (χ3v) is 8.42. The molecule has 194 valence electrons. The topological polar surface area (TPSA) is 86.4 Å². The van der Waals surface area contributed by atoms with Crippen molar-refractivity contribution in [3.63, 3.8) is 0 Å². The Kier molecular flexibility index (Phi) is 6.98. The number of aromatic nitrogens is 3. The third-order valence-electron chi connectivity index (χ3n) is 6.73. The maximum absolute atomic E-state index is 14.3. The van der Waals surface area contributed by atoms with Gasteiger partial charge in [-0.3, -0.25) is 14.4 Å². The number of ketones is 1. The van der Waals surface area contributed by atoms with E-state index in [0.29, 0.717) is 53.9 Å². The van der Waals surface area contributed by atoms with Gasteiger partial charge in [-0.2, -0.15) is 5.10 Å². The molecule has 4 aromatic rings. The molecule has 1 aliphatic heterocycles. The molecule has 0 radical (unpaired) electrons. The molecule has 2 aromatic carbocycles. The monoisotopic (exact) mass is 524 g/mol. The summed E-state index contributed by atoms with van der Waals surface area (Å²) in [5, 5.41) is 4.82. The number of aryl methyl sites for hydroxylation is 2. The SMILES string of the molecule is Cc1ccc(S(=O)(=O)n2cc(-c3cc(C(=O)CCCN4CCOCC4)nn3C)c3cc(F)ccc32)cc1. The van der Waals surface area contributed by atoms with E-state index in [-0.39, 0.29) is 10.7 Å². The van der Waals surface area contributed by atoms with E-state index in [9.17, 15) is 17.6 Å². The zero-order valence-electron chi connectivity index (χ0n) is 20.9. The summed E-state index contributed by atoms with van der Waals surface area (Å²) in [4.78, 5) is 15.3. The maximum atomic E-state index is 14.3. The fourth-order valence-corrected chi connectivity index (χ4v) is 6.04. The van der Waals surface area contributed by atoms with E-state index >= 15 is 0 Å². The molecule has 0 unspecified atom stereocenters. The average molecular weight is 525 g/mol. The van der Waals surface area contributed by atoms with Crippen LogP contribution in [0.15, 0.2) is 59.6 Å². The lowest BCUT2D eigenvalue weighted by Crippen LogP contribution is -2.36. The van der Waals surface area contributed by atoms with Gasteiger partial charge in [-0.1, -0.05) is 17.7 Å². The van der Waals surface area contributed by atoms with Crippen molar-refractivity contribution in [1.82, 2.24) is 18.7 Å². The molecule has 3 heterocycles. The highest BCUT2D eigenvalue weighted by Crippen LogP contribution is 2.34. The molecule has 1 saturated heterocycles. The average Bonchev–Trinajstić information content (AvgIpc) is 3.45. The van der Waals surface area contributed by atoms with Crippen molar-refractivity contribution in [2.45, 2.75) is 24.7 Å². The van der Waals surface area contributed by atoms with Crippen LogP contribution >= 0.6 is 0 Å². The molecule has 8 nitrogen and oxygen atoms in total. The van der Waals surface area contributed by atoms with Gasteiger partial charge >= 0.3 is 0 Å². The lowest BCUT2D eigenvalue weighted by molar-refractivity contribution is 0.0371. The number of halogens is 1. The highest BCUT2D eigenvalue weighted by molar-refractivity contribution is 7.90. The standard InChI is InChI=1S/C27H29FN4O4S/c1-19-5-8-21(9-6-19)37(34,35)32-18-23(22-16-20(28)7-10-25(22)32)26-17-24(29-30(26)2)27(33)4-3-11-31-12-14-36-15-13-31/h5-10,16-18H,3-4,11-15H2,1-2H3. The lowest BCUT2D eigenvalue weighted by Gasteiger charge is -2.26. The Hall–Kier alpha value is -3.34. The van der Waals surface area contributed by atoms with Crippen molar-refractivity contribution >= 4 is 26.7 Å². The van der Waals surface area contributed by atoms with Crippen molar-refractivity contribution in [3.8, 4) is 11.3 Å². The summed E-state index contributed by atoms with van der Waals surface area (Å²) in [6.45, 7) is 5.86. The molecule has 10 heteroatoms. The number of hydrogen-bond donors (Lipinski definition) is 0. The van der Waals surface area contributed by atoms with Gasteiger partial charge in [-0.05, 0) is 56.3 Å². The number of benzene rings is 2. The second kappa shape index (κ2) is 10.2. The summed E-state index contributed by atoms with van der Waals surface area (Å²) >= 11 is 0. The Balaban J connectivity index is 1.47. The van der Waals surface area contributed by atoms with Crippen molar-refractivity contribution in [3.05, 3.63) is 71.8 Å². The fourth-order valence-electron chi connectivity index (χ4n) is 4.67. The number of ether oxygens (including phenoxy) is 1. The zero-order chi connectivity index (χ0) is 26.2.